The fourth-order valence-corrected chi connectivity index (χ4v) is 3.27. The minimum atomic E-state index is 0.657. The number of rotatable bonds is 9. The molecule has 0 atom stereocenters. The predicted molar refractivity (Wildman–Crippen MR) is 116 cm³/mol. The van der Waals surface area contributed by atoms with E-state index in [2.05, 4.69) is 83.0 Å². The molecule has 0 unspecified atom stereocenters. The summed E-state index contributed by atoms with van der Waals surface area (Å²) < 4.78 is 8.45. The molecule has 2 heteroatoms. The van der Waals surface area contributed by atoms with Crippen molar-refractivity contribution >= 4 is 22.6 Å². The van der Waals surface area contributed by atoms with Gasteiger partial charge in [0, 0.05) is 23.6 Å². The number of fused-ring (bicyclic) bond motifs is 1. The molecule has 0 aliphatic rings. The monoisotopic (exact) mass is 353 g/mol. The van der Waals surface area contributed by atoms with E-state index < -0.39 is 0 Å². The second kappa shape index (κ2) is 9.12. The fourth-order valence-electron chi connectivity index (χ4n) is 3.27. The quantitative estimate of drug-likeness (QED) is 0.466. The van der Waals surface area contributed by atoms with Crippen LogP contribution in [0.2, 0.25) is 0 Å². The lowest BCUT2D eigenvalue weighted by Gasteiger charge is -2.14. The first-order valence-corrected chi connectivity index (χ1v) is 9.92. The number of hydrogen-bond donors (Lipinski definition) is 0. The van der Waals surface area contributed by atoms with Crippen molar-refractivity contribution in [3.05, 3.63) is 42.1 Å². The van der Waals surface area contributed by atoms with E-state index in [-0.39, 0.29) is 0 Å². The largest absolute Gasteiger partial charge is 0.494 e. The summed E-state index contributed by atoms with van der Waals surface area (Å²) in [6, 6.07) is 6.51. The Morgan fingerprint density at radius 2 is 1.85 bits per heavy atom. The zero-order chi connectivity index (χ0) is 19.3. The molecule has 0 saturated heterocycles. The maximum Gasteiger partial charge on any atom is 0.121 e. The Kier molecular flexibility index (Phi) is 7.14. The highest BCUT2D eigenvalue weighted by Crippen LogP contribution is 2.34. The lowest BCUT2D eigenvalue weighted by Crippen LogP contribution is -2.05. The van der Waals surface area contributed by atoms with Crippen molar-refractivity contribution in [3.63, 3.8) is 0 Å². The standard InChI is InChI=1S/C24H35NO/c1-8-9-22-21-11-10-20(26-15-13-18(4)5)16-23(21)25(14-12-17(2)3)24(22)19(6)7/h8-11,16-18H,6,12-15H2,1-5,7H3/b9-8-. The van der Waals surface area contributed by atoms with E-state index in [0.717, 1.165) is 37.3 Å². The van der Waals surface area contributed by atoms with Gasteiger partial charge in [0.25, 0.3) is 0 Å². The third-order valence-corrected chi connectivity index (χ3v) is 4.71. The van der Waals surface area contributed by atoms with Gasteiger partial charge in [0.2, 0.25) is 0 Å². The number of ether oxygens (including phenoxy) is 1. The topological polar surface area (TPSA) is 14.2 Å². The summed E-state index contributed by atoms with van der Waals surface area (Å²) in [4.78, 5) is 0. The minimum absolute atomic E-state index is 0.657. The van der Waals surface area contributed by atoms with E-state index in [9.17, 15) is 0 Å². The summed E-state index contributed by atoms with van der Waals surface area (Å²) >= 11 is 0. The molecule has 1 aromatic heterocycles. The Labute approximate surface area is 159 Å². The van der Waals surface area contributed by atoms with E-state index in [1.54, 1.807) is 0 Å². The van der Waals surface area contributed by atoms with Crippen LogP contribution < -0.4 is 4.74 Å². The second-order valence-electron chi connectivity index (χ2n) is 8.09. The second-order valence-corrected chi connectivity index (χ2v) is 8.09. The van der Waals surface area contributed by atoms with Crippen LogP contribution in [0.25, 0.3) is 22.6 Å². The molecule has 0 amide bonds. The van der Waals surface area contributed by atoms with Crippen molar-refractivity contribution in [2.45, 2.75) is 60.9 Å². The first-order chi connectivity index (χ1) is 12.3. The summed E-state index contributed by atoms with van der Waals surface area (Å²) in [6.07, 6.45) is 6.55. The molecule has 0 fully saturated rings. The summed E-state index contributed by atoms with van der Waals surface area (Å²) in [7, 11) is 0. The number of aromatic nitrogens is 1. The van der Waals surface area contributed by atoms with Crippen LogP contribution in [0.15, 0.2) is 30.9 Å². The smallest absolute Gasteiger partial charge is 0.121 e. The number of nitrogens with zero attached hydrogens (tertiary/aromatic N) is 1. The van der Waals surface area contributed by atoms with Crippen molar-refractivity contribution in [2.75, 3.05) is 6.61 Å². The van der Waals surface area contributed by atoms with Crippen LogP contribution in [-0.4, -0.2) is 11.2 Å². The van der Waals surface area contributed by atoms with Crippen LogP contribution in [0.3, 0.4) is 0 Å². The van der Waals surface area contributed by atoms with Crippen LogP contribution >= 0.6 is 0 Å². The Morgan fingerprint density at radius 1 is 1.15 bits per heavy atom. The molecule has 2 aromatic rings. The molecule has 1 heterocycles. The van der Waals surface area contributed by atoms with E-state index in [0.29, 0.717) is 11.8 Å². The van der Waals surface area contributed by atoms with Crippen molar-refractivity contribution in [1.82, 2.24) is 4.57 Å². The highest BCUT2D eigenvalue weighted by Gasteiger charge is 2.17. The number of allylic oxidation sites excluding steroid dienone is 2. The zero-order valence-corrected chi connectivity index (χ0v) is 17.4. The third kappa shape index (κ3) is 4.81. The normalized spacial score (nSPS) is 12.0. The highest BCUT2D eigenvalue weighted by molar-refractivity contribution is 5.96. The van der Waals surface area contributed by atoms with Gasteiger partial charge in [0.1, 0.15) is 5.75 Å². The molecule has 2 rings (SSSR count). The van der Waals surface area contributed by atoms with E-state index >= 15 is 0 Å². The molecular formula is C24H35NO. The highest BCUT2D eigenvalue weighted by atomic mass is 16.5. The van der Waals surface area contributed by atoms with Crippen LogP contribution in [0, 0.1) is 11.8 Å². The van der Waals surface area contributed by atoms with Crippen LogP contribution in [0.5, 0.6) is 5.75 Å². The average Bonchev–Trinajstić information content (AvgIpc) is 2.86. The number of benzene rings is 1. The van der Waals surface area contributed by atoms with Gasteiger partial charge in [-0.2, -0.15) is 0 Å². The molecule has 142 valence electrons. The molecule has 1 aromatic carbocycles. The van der Waals surface area contributed by atoms with Gasteiger partial charge in [-0.3, -0.25) is 0 Å². The Bertz CT molecular complexity index is 777. The molecule has 0 aliphatic heterocycles. The zero-order valence-electron chi connectivity index (χ0n) is 17.4. The number of aryl methyl sites for hydroxylation is 1. The lowest BCUT2D eigenvalue weighted by molar-refractivity contribution is 0.290. The van der Waals surface area contributed by atoms with Crippen molar-refractivity contribution in [1.29, 1.82) is 0 Å². The fraction of sp³-hybridized carbons (Fsp3) is 0.500. The molecule has 0 saturated carbocycles. The van der Waals surface area contributed by atoms with Crippen molar-refractivity contribution in [3.8, 4) is 5.75 Å². The molecule has 0 spiro atoms. The molecule has 0 N–H and O–H groups in total. The van der Waals surface area contributed by atoms with Gasteiger partial charge in [-0.25, -0.2) is 0 Å². The maximum atomic E-state index is 6.02. The van der Waals surface area contributed by atoms with Gasteiger partial charge in [-0.15, -0.1) is 0 Å². The Balaban J connectivity index is 2.52. The molecule has 0 bridgehead atoms. The predicted octanol–water partition coefficient (Wildman–Crippen LogP) is 7.18. The van der Waals surface area contributed by atoms with E-state index in [1.165, 1.54) is 22.2 Å². The van der Waals surface area contributed by atoms with Crippen LogP contribution in [0.1, 0.15) is 65.6 Å². The molecule has 0 aliphatic carbocycles. The maximum absolute atomic E-state index is 6.02. The Morgan fingerprint density at radius 3 is 2.42 bits per heavy atom. The molecule has 26 heavy (non-hydrogen) atoms. The lowest BCUT2D eigenvalue weighted by atomic mass is 10.1. The molecule has 0 radical (unpaired) electrons. The van der Waals surface area contributed by atoms with Gasteiger partial charge in [-0.05, 0) is 56.2 Å². The van der Waals surface area contributed by atoms with Crippen LogP contribution in [-0.2, 0) is 6.54 Å². The van der Waals surface area contributed by atoms with E-state index in [4.69, 9.17) is 4.74 Å². The summed E-state index contributed by atoms with van der Waals surface area (Å²) in [5.41, 5.74) is 4.88. The van der Waals surface area contributed by atoms with Crippen molar-refractivity contribution in [2.24, 2.45) is 11.8 Å². The molecule has 2 nitrogen and oxygen atoms in total. The average molecular weight is 354 g/mol. The Hall–Kier alpha value is -1.96. The van der Waals surface area contributed by atoms with Gasteiger partial charge in [0.05, 0.1) is 17.8 Å². The van der Waals surface area contributed by atoms with Crippen LogP contribution in [0.4, 0.5) is 0 Å². The third-order valence-electron chi connectivity index (χ3n) is 4.71. The van der Waals surface area contributed by atoms with Gasteiger partial charge in [-0.1, -0.05) is 46.4 Å². The summed E-state index contributed by atoms with van der Waals surface area (Å²) in [5.74, 6) is 2.28. The summed E-state index contributed by atoms with van der Waals surface area (Å²) in [5, 5.41) is 1.28. The van der Waals surface area contributed by atoms with Gasteiger partial charge in [0.15, 0.2) is 0 Å². The number of hydrogen-bond acceptors (Lipinski definition) is 1. The minimum Gasteiger partial charge on any atom is -0.494 e. The van der Waals surface area contributed by atoms with Crippen molar-refractivity contribution < 1.29 is 4.74 Å². The first-order valence-electron chi connectivity index (χ1n) is 9.92. The van der Waals surface area contributed by atoms with Gasteiger partial charge >= 0.3 is 0 Å². The SMILES string of the molecule is C=C(C)c1c(/C=C\C)c2ccc(OCCC(C)C)cc2n1CCC(C)C. The van der Waals surface area contributed by atoms with E-state index in [1.807, 2.05) is 0 Å². The summed E-state index contributed by atoms with van der Waals surface area (Å²) in [6.45, 7) is 19.2. The first kappa shape index (κ1) is 20.4. The van der Waals surface area contributed by atoms with Gasteiger partial charge < -0.3 is 9.30 Å². The molecular weight excluding hydrogens is 318 g/mol.